The zero-order valence-electron chi connectivity index (χ0n) is 4.77. The SMILES string of the molecule is CC(C)OC(=O)NF. The van der Waals surface area contributed by atoms with E-state index in [1.54, 1.807) is 13.8 Å². The standard InChI is InChI=1S/C4H8FNO2/c1-3(2)8-4(7)6-5/h3H,1-2H3,(H,6,7). The van der Waals surface area contributed by atoms with Crippen molar-refractivity contribution in [1.29, 1.82) is 0 Å². The molecule has 0 aromatic heterocycles. The van der Waals surface area contributed by atoms with Crippen LogP contribution in [0.1, 0.15) is 13.8 Å². The van der Waals surface area contributed by atoms with Crippen LogP contribution in [0.2, 0.25) is 0 Å². The summed E-state index contributed by atoms with van der Waals surface area (Å²) in [4.78, 5) is 9.91. The highest BCUT2D eigenvalue weighted by Crippen LogP contribution is 1.86. The Balaban J connectivity index is 3.25. The van der Waals surface area contributed by atoms with Gasteiger partial charge < -0.3 is 4.74 Å². The molecule has 4 heteroatoms. The highest BCUT2D eigenvalue weighted by Gasteiger charge is 2.00. The van der Waals surface area contributed by atoms with E-state index in [1.807, 2.05) is 0 Å². The fraction of sp³-hybridized carbons (Fsp3) is 0.750. The molecule has 0 bridgehead atoms. The number of halogens is 1. The van der Waals surface area contributed by atoms with Crippen LogP contribution in [0.3, 0.4) is 0 Å². The molecular weight excluding hydrogens is 113 g/mol. The molecule has 0 saturated carbocycles. The van der Waals surface area contributed by atoms with Crippen molar-refractivity contribution in [2.75, 3.05) is 0 Å². The van der Waals surface area contributed by atoms with Crippen molar-refractivity contribution in [2.24, 2.45) is 0 Å². The zero-order chi connectivity index (χ0) is 6.57. The van der Waals surface area contributed by atoms with Gasteiger partial charge in [0.2, 0.25) is 0 Å². The van der Waals surface area contributed by atoms with Crippen molar-refractivity contribution in [3.05, 3.63) is 0 Å². The highest BCUT2D eigenvalue weighted by atomic mass is 19.2. The first kappa shape index (κ1) is 7.20. The van der Waals surface area contributed by atoms with Crippen LogP contribution in [0.4, 0.5) is 9.28 Å². The van der Waals surface area contributed by atoms with Gasteiger partial charge in [0.25, 0.3) is 0 Å². The van der Waals surface area contributed by atoms with Crippen LogP contribution < -0.4 is 5.54 Å². The quantitative estimate of drug-likeness (QED) is 0.525. The van der Waals surface area contributed by atoms with E-state index in [0.29, 0.717) is 0 Å². The first-order valence-corrected chi connectivity index (χ1v) is 2.24. The third-order valence-corrected chi connectivity index (χ3v) is 0.420. The molecule has 0 aliphatic heterocycles. The van der Waals surface area contributed by atoms with Gasteiger partial charge in [-0.2, -0.15) is 5.54 Å². The summed E-state index contributed by atoms with van der Waals surface area (Å²) in [7, 11) is 0. The van der Waals surface area contributed by atoms with Crippen molar-refractivity contribution in [2.45, 2.75) is 20.0 Å². The van der Waals surface area contributed by atoms with Gasteiger partial charge in [0, 0.05) is 0 Å². The van der Waals surface area contributed by atoms with E-state index in [0.717, 1.165) is 5.54 Å². The maximum Gasteiger partial charge on any atom is 0.435 e. The summed E-state index contributed by atoms with van der Waals surface area (Å²) >= 11 is 0. The van der Waals surface area contributed by atoms with E-state index < -0.39 is 6.09 Å². The fourth-order valence-corrected chi connectivity index (χ4v) is 0.236. The second kappa shape index (κ2) is 3.23. The summed E-state index contributed by atoms with van der Waals surface area (Å²) in [5, 5.41) is 0. The number of hydrogen-bond donors (Lipinski definition) is 1. The average Bonchev–Trinajstić information content (AvgIpc) is 1.65. The first-order chi connectivity index (χ1) is 3.66. The predicted octanol–water partition coefficient (Wildman–Crippen LogP) is 1.01. The molecule has 0 aromatic carbocycles. The van der Waals surface area contributed by atoms with Crippen LogP contribution in [0.25, 0.3) is 0 Å². The molecule has 0 rings (SSSR count). The topological polar surface area (TPSA) is 38.3 Å². The summed E-state index contributed by atoms with van der Waals surface area (Å²) in [6.45, 7) is 3.27. The summed E-state index contributed by atoms with van der Waals surface area (Å²) in [6, 6.07) is 0. The molecule has 0 unspecified atom stereocenters. The number of rotatable bonds is 1. The van der Waals surface area contributed by atoms with Crippen molar-refractivity contribution >= 4 is 6.09 Å². The Hall–Kier alpha value is -0.800. The zero-order valence-corrected chi connectivity index (χ0v) is 4.77. The highest BCUT2D eigenvalue weighted by molar-refractivity contribution is 5.65. The Morgan fingerprint density at radius 1 is 1.75 bits per heavy atom. The van der Waals surface area contributed by atoms with Gasteiger partial charge in [0.1, 0.15) is 0 Å². The van der Waals surface area contributed by atoms with Crippen molar-refractivity contribution in [3.63, 3.8) is 0 Å². The summed E-state index contributed by atoms with van der Waals surface area (Å²) in [5.41, 5.74) is 0.835. The second-order valence-electron chi connectivity index (χ2n) is 1.55. The number of nitrogens with one attached hydrogen (secondary N) is 1. The Morgan fingerprint density at radius 2 is 2.25 bits per heavy atom. The van der Waals surface area contributed by atoms with E-state index in [9.17, 15) is 9.28 Å². The molecule has 1 N–H and O–H groups in total. The van der Waals surface area contributed by atoms with Gasteiger partial charge in [-0.25, -0.2) is 4.79 Å². The van der Waals surface area contributed by atoms with Gasteiger partial charge in [-0.05, 0) is 13.8 Å². The van der Waals surface area contributed by atoms with Crippen LogP contribution >= 0.6 is 0 Å². The third-order valence-electron chi connectivity index (χ3n) is 0.420. The van der Waals surface area contributed by atoms with Crippen molar-refractivity contribution in [3.8, 4) is 0 Å². The van der Waals surface area contributed by atoms with Crippen LogP contribution in [0.15, 0.2) is 0 Å². The Morgan fingerprint density at radius 3 is 2.38 bits per heavy atom. The number of carbonyl (C=O) groups excluding carboxylic acids is 1. The van der Waals surface area contributed by atoms with E-state index in [1.165, 1.54) is 0 Å². The Labute approximate surface area is 46.8 Å². The molecule has 0 radical (unpaired) electrons. The van der Waals surface area contributed by atoms with Crippen molar-refractivity contribution in [1.82, 2.24) is 5.54 Å². The minimum atomic E-state index is -1.04. The lowest BCUT2D eigenvalue weighted by atomic mass is 10.5. The monoisotopic (exact) mass is 121 g/mol. The lowest BCUT2D eigenvalue weighted by Crippen LogP contribution is -2.19. The van der Waals surface area contributed by atoms with Gasteiger partial charge in [-0.3, -0.25) is 0 Å². The molecule has 0 spiro atoms. The molecule has 0 saturated heterocycles. The second-order valence-corrected chi connectivity index (χ2v) is 1.55. The lowest BCUT2D eigenvalue weighted by Gasteiger charge is -2.03. The van der Waals surface area contributed by atoms with E-state index in [2.05, 4.69) is 4.74 Å². The minimum Gasteiger partial charge on any atom is -0.445 e. The molecular formula is C4H8FNO2. The first-order valence-electron chi connectivity index (χ1n) is 2.24. The Kier molecular flexibility index (Phi) is 2.91. The molecule has 0 fully saturated rings. The van der Waals surface area contributed by atoms with Crippen molar-refractivity contribution < 1.29 is 14.0 Å². The minimum absolute atomic E-state index is 0.272. The molecule has 0 aliphatic carbocycles. The molecule has 0 atom stereocenters. The summed E-state index contributed by atoms with van der Waals surface area (Å²) < 4.78 is 15.3. The lowest BCUT2D eigenvalue weighted by molar-refractivity contribution is 0.0962. The third kappa shape index (κ3) is 3.39. The fourth-order valence-electron chi connectivity index (χ4n) is 0.236. The maximum absolute atomic E-state index is 11.0. The summed E-state index contributed by atoms with van der Waals surface area (Å²) in [5.74, 6) is 0. The molecule has 0 heterocycles. The van der Waals surface area contributed by atoms with Crippen LogP contribution in [-0.4, -0.2) is 12.2 Å². The van der Waals surface area contributed by atoms with Crippen LogP contribution in [0.5, 0.6) is 0 Å². The molecule has 0 aliphatic rings. The molecule has 8 heavy (non-hydrogen) atoms. The smallest absolute Gasteiger partial charge is 0.435 e. The summed E-state index contributed by atoms with van der Waals surface area (Å²) in [6.07, 6.45) is -1.31. The largest absolute Gasteiger partial charge is 0.445 e. The van der Waals surface area contributed by atoms with Gasteiger partial charge in [0.05, 0.1) is 6.10 Å². The van der Waals surface area contributed by atoms with Gasteiger partial charge in [-0.15, -0.1) is 0 Å². The predicted molar refractivity (Wildman–Crippen MR) is 25.9 cm³/mol. The molecule has 48 valence electrons. The average molecular weight is 121 g/mol. The van der Waals surface area contributed by atoms with Gasteiger partial charge in [0.15, 0.2) is 0 Å². The van der Waals surface area contributed by atoms with E-state index in [4.69, 9.17) is 0 Å². The van der Waals surface area contributed by atoms with Gasteiger partial charge in [-0.1, -0.05) is 4.48 Å². The number of amides is 1. The number of ether oxygens (including phenoxy) is 1. The van der Waals surface area contributed by atoms with Gasteiger partial charge >= 0.3 is 6.09 Å². The number of hydrogen-bond acceptors (Lipinski definition) is 2. The van der Waals surface area contributed by atoms with Crippen LogP contribution in [0, 0.1) is 0 Å². The molecule has 0 aromatic rings. The molecule has 3 nitrogen and oxygen atoms in total. The number of carbonyl (C=O) groups is 1. The van der Waals surface area contributed by atoms with E-state index in [-0.39, 0.29) is 6.10 Å². The Bertz CT molecular complexity index is 84.1. The molecule has 1 amide bonds. The van der Waals surface area contributed by atoms with E-state index >= 15 is 0 Å². The van der Waals surface area contributed by atoms with Crippen LogP contribution in [-0.2, 0) is 4.74 Å². The normalized spacial score (nSPS) is 9.00. The maximum atomic E-state index is 11.0.